The van der Waals surface area contributed by atoms with Gasteiger partial charge < -0.3 is 15.4 Å². The van der Waals surface area contributed by atoms with E-state index in [-0.39, 0.29) is 6.09 Å². The summed E-state index contributed by atoms with van der Waals surface area (Å²) in [5.74, 6) is 0. The molecule has 0 saturated carbocycles. The highest BCUT2D eigenvalue weighted by atomic mass is 16.5. The van der Waals surface area contributed by atoms with Crippen LogP contribution in [0.1, 0.15) is 19.3 Å². The maximum absolute atomic E-state index is 10.9. The Morgan fingerprint density at radius 1 is 1.42 bits per heavy atom. The summed E-state index contributed by atoms with van der Waals surface area (Å²) in [7, 11) is 3.12. The summed E-state index contributed by atoms with van der Waals surface area (Å²) in [4.78, 5) is 12.4. The fraction of sp³-hybridized carbons (Fsp3) is 0.875. The van der Waals surface area contributed by atoms with Gasteiger partial charge >= 0.3 is 6.09 Å². The first-order chi connectivity index (χ1) is 5.72. The summed E-state index contributed by atoms with van der Waals surface area (Å²) in [6.07, 6.45) is 2.80. The van der Waals surface area contributed by atoms with E-state index in [1.54, 1.807) is 11.9 Å². The van der Waals surface area contributed by atoms with Crippen LogP contribution in [0.25, 0.3) is 0 Å². The molecule has 0 atom stereocenters. The van der Waals surface area contributed by atoms with E-state index in [0.29, 0.717) is 0 Å². The van der Waals surface area contributed by atoms with Crippen LogP contribution in [0, 0.1) is 0 Å². The Balaban J connectivity index is 3.31. The molecule has 0 aromatic carbocycles. The van der Waals surface area contributed by atoms with Gasteiger partial charge in [0.2, 0.25) is 0 Å². The van der Waals surface area contributed by atoms with E-state index >= 15 is 0 Å². The minimum atomic E-state index is -0.275. The molecule has 0 aliphatic heterocycles. The van der Waals surface area contributed by atoms with E-state index < -0.39 is 0 Å². The molecule has 12 heavy (non-hydrogen) atoms. The molecule has 0 aromatic heterocycles. The lowest BCUT2D eigenvalue weighted by molar-refractivity contribution is 0.132. The molecule has 0 saturated heterocycles. The zero-order chi connectivity index (χ0) is 9.40. The van der Waals surface area contributed by atoms with Crippen molar-refractivity contribution in [3.8, 4) is 0 Å². The summed E-state index contributed by atoms with van der Waals surface area (Å²) < 4.78 is 4.53. The van der Waals surface area contributed by atoms with Crippen molar-refractivity contribution >= 4 is 6.09 Å². The molecule has 0 spiro atoms. The van der Waals surface area contributed by atoms with Crippen LogP contribution in [0.15, 0.2) is 0 Å². The lowest BCUT2D eigenvalue weighted by Gasteiger charge is -2.14. The Labute approximate surface area is 73.7 Å². The predicted molar refractivity (Wildman–Crippen MR) is 47.9 cm³/mol. The van der Waals surface area contributed by atoms with Gasteiger partial charge in [-0.2, -0.15) is 0 Å². The topological polar surface area (TPSA) is 55.6 Å². The monoisotopic (exact) mass is 174 g/mol. The highest BCUT2D eigenvalue weighted by Gasteiger charge is 2.05. The normalized spacial score (nSPS) is 9.58. The first kappa shape index (κ1) is 11.2. The molecule has 0 bridgehead atoms. The highest BCUT2D eigenvalue weighted by Crippen LogP contribution is 1.97. The van der Waals surface area contributed by atoms with E-state index in [0.717, 1.165) is 32.4 Å². The summed E-state index contributed by atoms with van der Waals surface area (Å²) in [6, 6.07) is 0. The van der Waals surface area contributed by atoms with Crippen molar-refractivity contribution in [3.05, 3.63) is 0 Å². The first-order valence-corrected chi connectivity index (χ1v) is 4.21. The van der Waals surface area contributed by atoms with Gasteiger partial charge in [0.1, 0.15) is 0 Å². The molecule has 0 radical (unpaired) electrons. The van der Waals surface area contributed by atoms with Gasteiger partial charge in [-0.3, -0.25) is 0 Å². The zero-order valence-electron chi connectivity index (χ0n) is 7.88. The van der Waals surface area contributed by atoms with E-state index in [9.17, 15) is 4.79 Å². The number of nitrogens with two attached hydrogens (primary N) is 1. The molecule has 0 rings (SSSR count). The van der Waals surface area contributed by atoms with Crippen LogP contribution in [-0.4, -0.2) is 38.2 Å². The molecule has 2 N–H and O–H groups in total. The van der Waals surface area contributed by atoms with Crippen molar-refractivity contribution in [2.24, 2.45) is 5.73 Å². The highest BCUT2D eigenvalue weighted by molar-refractivity contribution is 5.66. The van der Waals surface area contributed by atoms with Crippen molar-refractivity contribution in [3.63, 3.8) is 0 Å². The number of carbonyl (C=O) groups excluding carboxylic acids is 1. The molecule has 4 heteroatoms. The summed E-state index contributed by atoms with van der Waals surface area (Å²) >= 11 is 0. The number of hydrogen-bond acceptors (Lipinski definition) is 3. The van der Waals surface area contributed by atoms with Gasteiger partial charge in [0.05, 0.1) is 7.11 Å². The van der Waals surface area contributed by atoms with Crippen molar-refractivity contribution in [2.45, 2.75) is 19.3 Å². The Morgan fingerprint density at radius 2 is 2.08 bits per heavy atom. The third-order valence-electron chi connectivity index (χ3n) is 1.68. The van der Waals surface area contributed by atoms with Crippen LogP contribution in [0.2, 0.25) is 0 Å². The molecule has 4 nitrogen and oxygen atoms in total. The summed E-state index contributed by atoms with van der Waals surface area (Å²) in [5, 5.41) is 0. The number of methoxy groups -OCH3 is 1. The van der Waals surface area contributed by atoms with Crippen molar-refractivity contribution in [2.75, 3.05) is 27.2 Å². The van der Waals surface area contributed by atoms with Gasteiger partial charge in [-0.15, -0.1) is 0 Å². The lowest BCUT2D eigenvalue weighted by atomic mass is 10.2. The van der Waals surface area contributed by atoms with Gasteiger partial charge in [0.25, 0.3) is 0 Å². The molecular formula is C8H18N2O2. The second-order valence-electron chi connectivity index (χ2n) is 2.74. The van der Waals surface area contributed by atoms with Crippen molar-refractivity contribution < 1.29 is 9.53 Å². The number of hydrogen-bond donors (Lipinski definition) is 1. The van der Waals surface area contributed by atoms with Gasteiger partial charge in [-0.25, -0.2) is 4.79 Å². The summed E-state index contributed by atoms with van der Waals surface area (Å²) in [5.41, 5.74) is 5.33. The Hall–Kier alpha value is -0.770. The van der Waals surface area contributed by atoms with Crippen LogP contribution in [0.4, 0.5) is 4.79 Å². The average Bonchev–Trinajstić information content (AvgIpc) is 2.10. The molecule has 0 aliphatic carbocycles. The lowest BCUT2D eigenvalue weighted by Crippen LogP contribution is -2.27. The number of amides is 1. The number of carbonyl (C=O) groups is 1. The van der Waals surface area contributed by atoms with E-state index in [4.69, 9.17) is 5.73 Å². The summed E-state index contributed by atoms with van der Waals surface area (Å²) in [6.45, 7) is 1.47. The molecule has 0 unspecified atom stereocenters. The van der Waals surface area contributed by atoms with Crippen LogP contribution in [-0.2, 0) is 4.74 Å². The third kappa shape index (κ3) is 4.96. The molecule has 72 valence electrons. The molecule has 0 fully saturated rings. The third-order valence-corrected chi connectivity index (χ3v) is 1.68. The minimum Gasteiger partial charge on any atom is -0.453 e. The second kappa shape index (κ2) is 6.91. The largest absolute Gasteiger partial charge is 0.453 e. The van der Waals surface area contributed by atoms with Gasteiger partial charge in [0, 0.05) is 13.6 Å². The number of nitrogens with zero attached hydrogens (tertiary/aromatic N) is 1. The van der Waals surface area contributed by atoms with E-state index in [1.807, 2.05) is 0 Å². The fourth-order valence-electron chi connectivity index (χ4n) is 0.917. The molecule has 1 amide bonds. The SMILES string of the molecule is COC(=O)N(C)CCCCCN. The zero-order valence-corrected chi connectivity index (χ0v) is 7.88. The van der Waals surface area contributed by atoms with Crippen molar-refractivity contribution in [1.29, 1.82) is 0 Å². The number of rotatable bonds is 5. The standard InChI is InChI=1S/C8H18N2O2/c1-10(8(11)12-2)7-5-3-4-6-9/h3-7,9H2,1-2H3. The Bertz CT molecular complexity index is 128. The van der Waals surface area contributed by atoms with Crippen LogP contribution < -0.4 is 5.73 Å². The quantitative estimate of drug-likeness (QED) is 0.628. The molecule has 0 heterocycles. The van der Waals surface area contributed by atoms with E-state index in [1.165, 1.54) is 7.11 Å². The molecule has 0 aromatic rings. The number of unbranched alkanes of at least 4 members (excludes halogenated alkanes) is 2. The van der Waals surface area contributed by atoms with Gasteiger partial charge in [-0.1, -0.05) is 6.42 Å². The first-order valence-electron chi connectivity index (χ1n) is 4.21. The second-order valence-corrected chi connectivity index (χ2v) is 2.74. The predicted octanol–water partition coefficient (Wildman–Crippen LogP) is 0.814. The maximum Gasteiger partial charge on any atom is 0.409 e. The maximum atomic E-state index is 10.9. The smallest absolute Gasteiger partial charge is 0.409 e. The minimum absolute atomic E-state index is 0.275. The fourth-order valence-corrected chi connectivity index (χ4v) is 0.917. The average molecular weight is 174 g/mol. The van der Waals surface area contributed by atoms with Crippen molar-refractivity contribution in [1.82, 2.24) is 4.90 Å². The van der Waals surface area contributed by atoms with Gasteiger partial charge in [0.15, 0.2) is 0 Å². The number of ether oxygens (including phenoxy) is 1. The molecule has 0 aliphatic rings. The van der Waals surface area contributed by atoms with Crippen LogP contribution >= 0.6 is 0 Å². The van der Waals surface area contributed by atoms with Crippen LogP contribution in [0.3, 0.4) is 0 Å². The Kier molecular flexibility index (Phi) is 6.47. The Morgan fingerprint density at radius 3 is 2.58 bits per heavy atom. The van der Waals surface area contributed by atoms with Gasteiger partial charge in [-0.05, 0) is 19.4 Å². The van der Waals surface area contributed by atoms with Crippen LogP contribution in [0.5, 0.6) is 0 Å². The molecular weight excluding hydrogens is 156 g/mol. The van der Waals surface area contributed by atoms with E-state index in [2.05, 4.69) is 4.74 Å².